The molecule has 1 aromatic heterocycles. The van der Waals surface area contributed by atoms with Gasteiger partial charge in [-0.15, -0.1) is 0 Å². The summed E-state index contributed by atoms with van der Waals surface area (Å²) in [6.07, 6.45) is -8.12. The van der Waals surface area contributed by atoms with E-state index in [-0.39, 0.29) is 35.6 Å². The Kier molecular flexibility index (Phi) is 11.0. The first-order valence-corrected chi connectivity index (χ1v) is 11.7. The molecule has 0 amide bonds. The van der Waals surface area contributed by atoms with Crippen molar-refractivity contribution in [1.82, 2.24) is 20.2 Å². The first kappa shape index (κ1) is 32.4. The van der Waals surface area contributed by atoms with E-state index in [1.807, 2.05) is 19.0 Å². The molecule has 1 heterocycles. The zero-order chi connectivity index (χ0) is 30.3. The van der Waals surface area contributed by atoms with Gasteiger partial charge in [0.25, 0.3) is 0 Å². The summed E-state index contributed by atoms with van der Waals surface area (Å²) >= 11 is 0. The van der Waals surface area contributed by atoms with Crippen molar-refractivity contribution in [3.63, 3.8) is 0 Å². The Hall–Kier alpha value is -3.78. The van der Waals surface area contributed by atoms with Gasteiger partial charge in [-0.2, -0.15) is 26.3 Å². The molecule has 3 N–H and O–H groups in total. The van der Waals surface area contributed by atoms with Crippen LogP contribution in [0.4, 0.5) is 36.7 Å². The number of aromatic nitrogens is 2. The molecule has 0 spiro atoms. The highest BCUT2D eigenvalue weighted by Gasteiger charge is 2.36. The molecule has 0 bridgehead atoms. The number of alkyl halides is 6. The van der Waals surface area contributed by atoms with E-state index >= 15 is 0 Å². The van der Waals surface area contributed by atoms with Gasteiger partial charge >= 0.3 is 18.3 Å². The number of carbonyl (C=O) groups is 1. The molecule has 2 aromatic carbocycles. The van der Waals surface area contributed by atoms with Gasteiger partial charge < -0.3 is 20.6 Å². The van der Waals surface area contributed by atoms with Crippen LogP contribution in [0.15, 0.2) is 42.6 Å². The maximum atomic E-state index is 13.2. The number of nitrogens with one attached hydrogen (secondary N) is 2. The standard InChI is InChI=1S/C16H19FN4O2.C10H9F6N/c1-10-8-11(17)4-5-12(10)13-9-19-16(18-6-7-21(2)3)20-14(13)15(22)23;1-17-5-6-2-7(9(11,12)13)4-8(3-6)10(14,15)16/h4-5,8-9H,6-7H2,1-3H3,(H,22,23)(H,18,19,20);2-4,17H,5H2,1H3. The third kappa shape index (κ3) is 9.45. The van der Waals surface area contributed by atoms with Gasteiger partial charge in [0.15, 0.2) is 5.69 Å². The summed E-state index contributed by atoms with van der Waals surface area (Å²) in [6, 6.07) is 5.69. The molecule has 3 aromatic rings. The number of carboxylic acid groups (broad SMARTS) is 1. The molecule has 218 valence electrons. The molecule has 14 heteroatoms. The zero-order valence-corrected chi connectivity index (χ0v) is 22.0. The van der Waals surface area contributed by atoms with Gasteiger partial charge in [-0.25, -0.2) is 19.2 Å². The van der Waals surface area contributed by atoms with Gasteiger partial charge in [0, 0.05) is 31.4 Å². The van der Waals surface area contributed by atoms with E-state index in [0.29, 0.717) is 35.4 Å². The quantitative estimate of drug-likeness (QED) is 0.297. The monoisotopic (exact) mass is 575 g/mol. The Balaban J connectivity index is 0.000000294. The number of nitrogens with zero attached hydrogens (tertiary/aromatic N) is 3. The van der Waals surface area contributed by atoms with E-state index < -0.39 is 29.4 Å². The van der Waals surface area contributed by atoms with Crippen molar-refractivity contribution in [2.24, 2.45) is 0 Å². The van der Waals surface area contributed by atoms with Crippen molar-refractivity contribution in [2.45, 2.75) is 25.8 Å². The molecule has 0 saturated heterocycles. The van der Waals surface area contributed by atoms with E-state index in [1.54, 1.807) is 6.92 Å². The number of benzene rings is 2. The van der Waals surface area contributed by atoms with Crippen molar-refractivity contribution in [2.75, 3.05) is 39.5 Å². The molecule has 0 aliphatic rings. The molecule has 0 aliphatic carbocycles. The van der Waals surface area contributed by atoms with Crippen LogP contribution in [-0.4, -0.2) is 60.2 Å². The van der Waals surface area contributed by atoms with E-state index in [9.17, 15) is 40.6 Å². The molecule has 0 aliphatic heterocycles. The lowest BCUT2D eigenvalue weighted by atomic mass is 10.0. The third-order valence-corrected chi connectivity index (χ3v) is 5.34. The highest BCUT2D eigenvalue weighted by Crippen LogP contribution is 2.36. The molecule has 0 saturated carbocycles. The topological polar surface area (TPSA) is 90.4 Å². The van der Waals surface area contributed by atoms with Crippen LogP contribution in [0.2, 0.25) is 0 Å². The van der Waals surface area contributed by atoms with Crippen LogP contribution in [0.25, 0.3) is 11.1 Å². The van der Waals surface area contributed by atoms with Crippen LogP contribution >= 0.6 is 0 Å². The fraction of sp³-hybridized carbons (Fsp3) is 0.346. The van der Waals surface area contributed by atoms with Gasteiger partial charge in [0.05, 0.1) is 11.1 Å². The zero-order valence-electron chi connectivity index (χ0n) is 22.0. The van der Waals surface area contributed by atoms with Crippen LogP contribution in [-0.2, 0) is 18.9 Å². The van der Waals surface area contributed by atoms with Crippen LogP contribution in [0.3, 0.4) is 0 Å². The number of aromatic carboxylic acids is 1. The average molecular weight is 576 g/mol. The van der Waals surface area contributed by atoms with E-state index in [1.165, 1.54) is 31.4 Å². The van der Waals surface area contributed by atoms with Crippen LogP contribution in [0.1, 0.15) is 32.7 Å². The number of anilines is 1. The fourth-order valence-corrected chi connectivity index (χ4v) is 3.47. The maximum absolute atomic E-state index is 13.2. The van der Waals surface area contributed by atoms with Gasteiger partial charge in [-0.05, 0) is 75.1 Å². The minimum absolute atomic E-state index is 0.0605. The fourth-order valence-electron chi connectivity index (χ4n) is 3.47. The Labute approximate surface area is 226 Å². The second-order valence-electron chi connectivity index (χ2n) is 8.89. The van der Waals surface area contributed by atoms with Crippen LogP contribution in [0.5, 0.6) is 0 Å². The van der Waals surface area contributed by atoms with E-state index in [4.69, 9.17) is 0 Å². The predicted octanol–water partition coefficient (Wildman–Crippen LogP) is 5.71. The summed E-state index contributed by atoms with van der Waals surface area (Å²) in [4.78, 5) is 21.7. The average Bonchev–Trinajstić information content (AvgIpc) is 2.83. The Morgan fingerprint density at radius 1 is 0.975 bits per heavy atom. The van der Waals surface area contributed by atoms with E-state index in [2.05, 4.69) is 20.6 Å². The first-order chi connectivity index (χ1) is 18.5. The Bertz CT molecular complexity index is 1280. The molecule has 0 fully saturated rings. The molecule has 0 radical (unpaired) electrons. The van der Waals surface area contributed by atoms with Crippen molar-refractivity contribution in [3.05, 3.63) is 76.4 Å². The van der Waals surface area contributed by atoms with E-state index in [0.717, 1.165) is 6.54 Å². The minimum Gasteiger partial charge on any atom is -0.476 e. The Morgan fingerprint density at radius 3 is 2.05 bits per heavy atom. The Morgan fingerprint density at radius 2 is 1.57 bits per heavy atom. The molecular weight excluding hydrogens is 547 g/mol. The van der Waals surface area contributed by atoms with Gasteiger partial charge in [0.2, 0.25) is 5.95 Å². The molecular formula is C26H28F7N5O2. The summed E-state index contributed by atoms with van der Waals surface area (Å²) in [5.41, 5.74) is -1.16. The van der Waals surface area contributed by atoms with Gasteiger partial charge in [0.1, 0.15) is 5.82 Å². The number of rotatable bonds is 8. The first-order valence-electron chi connectivity index (χ1n) is 11.7. The van der Waals surface area contributed by atoms with Crippen LogP contribution < -0.4 is 10.6 Å². The second-order valence-corrected chi connectivity index (χ2v) is 8.89. The number of likely N-dealkylation sites (N-methyl/N-ethyl adjacent to an activating group) is 1. The lowest BCUT2D eigenvalue weighted by Crippen LogP contribution is -2.22. The maximum Gasteiger partial charge on any atom is 0.416 e. The second kappa shape index (κ2) is 13.5. The summed E-state index contributed by atoms with van der Waals surface area (Å²) in [6.45, 7) is 3.02. The summed E-state index contributed by atoms with van der Waals surface area (Å²) in [5.74, 6) is -1.26. The third-order valence-electron chi connectivity index (χ3n) is 5.34. The highest BCUT2D eigenvalue weighted by atomic mass is 19.4. The van der Waals surface area contributed by atoms with Crippen molar-refractivity contribution >= 4 is 11.9 Å². The lowest BCUT2D eigenvalue weighted by Gasteiger charge is -2.13. The molecule has 3 rings (SSSR count). The van der Waals surface area contributed by atoms with Gasteiger partial charge in [-0.3, -0.25) is 0 Å². The number of carboxylic acids is 1. The normalized spacial score (nSPS) is 11.7. The van der Waals surface area contributed by atoms with Crippen molar-refractivity contribution in [3.8, 4) is 11.1 Å². The van der Waals surface area contributed by atoms with Crippen LogP contribution in [0, 0.1) is 12.7 Å². The van der Waals surface area contributed by atoms with Gasteiger partial charge in [-0.1, -0.05) is 6.07 Å². The minimum atomic E-state index is -4.79. The predicted molar refractivity (Wildman–Crippen MR) is 135 cm³/mol. The number of aryl methyl sites for hydroxylation is 1. The molecule has 0 atom stereocenters. The summed E-state index contributed by atoms with van der Waals surface area (Å²) in [7, 11) is 5.31. The molecule has 0 unspecified atom stereocenters. The lowest BCUT2D eigenvalue weighted by molar-refractivity contribution is -0.143. The molecule has 40 heavy (non-hydrogen) atoms. The summed E-state index contributed by atoms with van der Waals surface area (Å²) in [5, 5.41) is 14.9. The summed E-state index contributed by atoms with van der Waals surface area (Å²) < 4.78 is 87.6. The number of hydrogen-bond donors (Lipinski definition) is 3. The number of halogens is 7. The van der Waals surface area contributed by atoms with Crippen molar-refractivity contribution in [1.29, 1.82) is 0 Å². The number of hydrogen-bond acceptors (Lipinski definition) is 6. The largest absolute Gasteiger partial charge is 0.476 e. The highest BCUT2D eigenvalue weighted by molar-refractivity contribution is 5.94. The molecule has 7 nitrogen and oxygen atoms in total. The van der Waals surface area contributed by atoms with Crippen molar-refractivity contribution < 1.29 is 40.6 Å². The smallest absolute Gasteiger partial charge is 0.416 e. The SMILES string of the molecule is CNCc1cc(C(F)(F)F)cc(C(F)(F)F)c1.Cc1cc(F)ccc1-c1cnc(NCCN(C)C)nc1C(=O)O.